The highest BCUT2D eigenvalue weighted by atomic mass is 14.4. The quantitative estimate of drug-likeness (QED) is 0.151. The Bertz CT molecular complexity index is 3990. The Morgan fingerprint density at radius 2 is 0.635 bits per heavy atom. The van der Waals surface area contributed by atoms with E-state index in [-0.39, 0.29) is 21.7 Å². The molecule has 0 nitrogen and oxygen atoms in total. The second-order valence-corrected chi connectivity index (χ2v) is 25.4. The Morgan fingerprint density at radius 1 is 0.203 bits per heavy atom. The maximum Gasteiger partial charge on any atom is -0.000719 e. The summed E-state index contributed by atoms with van der Waals surface area (Å²) in [6.45, 7) is 28.4. The Balaban J connectivity index is 1.29. The van der Waals surface area contributed by atoms with Crippen LogP contribution in [0.25, 0.3) is 121 Å². The molecule has 364 valence electrons. The van der Waals surface area contributed by atoms with Crippen LogP contribution in [0.2, 0.25) is 0 Å². The molecule has 0 unspecified atom stereocenters. The molecule has 0 amide bonds. The maximum absolute atomic E-state index is 2.59. The average Bonchev–Trinajstić information content (AvgIpc) is 3.71. The van der Waals surface area contributed by atoms with E-state index in [9.17, 15) is 0 Å². The molecule has 0 atom stereocenters. The van der Waals surface area contributed by atoms with E-state index in [1.54, 1.807) is 0 Å². The molecular weight excluding hydrogens is 889 g/mol. The van der Waals surface area contributed by atoms with Gasteiger partial charge in [-0.15, -0.1) is 0 Å². The molecule has 0 fully saturated rings. The van der Waals surface area contributed by atoms with Gasteiger partial charge in [-0.1, -0.05) is 259 Å². The molecule has 11 aromatic rings. The molecule has 0 bridgehead atoms. The SMILES string of the molecule is CC(C)(C)c1cc(-c2c3c(c(-c4cc(C(C)(C)C)cc(C(C)(C)C)c4)c4cc(-c5ccccc5)ccc24)-c2cccc4c2c-3cc2c3ccccc3c(-c3ccccc3-c3ccccc3)cc42)cc(C(C)(C)C)c1. The zero-order valence-corrected chi connectivity index (χ0v) is 45.5. The molecule has 0 radical (unpaired) electrons. The van der Waals surface area contributed by atoms with Crippen LogP contribution in [0.1, 0.15) is 105 Å². The smallest absolute Gasteiger partial charge is 0.000719 e. The van der Waals surface area contributed by atoms with Crippen molar-refractivity contribution in [3.63, 3.8) is 0 Å². The van der Waals surface area contributed by atoms with Crippen molar-refractivity contribution >= 4 is 43.1 Å². The van der Waals surface area contributed by atoms with E-state index in [1.165, 1.54) is 143 Å². The number of hydrogen-bond acceptors (Lipinski definition) is 0. The first kappa shape index (κ1) is 47.5. The molecular formula is C74H68. The fourth-order valence-corrected chi connectivity index (χ4v) is 12.0. The lowest BCUT2D eigenvalue weighted by molar-refractivity contribution is 0.568. The van der Waals surface area contributed by atoms with Crippen molar-refractivity contribution in [3.05, 3.63) is 216 Å². The molecule has 0 heterocycles. The van der Waals surface area contributed by atoms with Crippen LogP contribution in [0.5, 0.6) is 0 Å². The van der Waals surface area contributed by atoms with Gasteiger partial charge in [0.25, 0.3) is 0 Å². The fraction of sp³-hybridized carbons (Fsp3) is 0.216. The van der Waals surface area contributed by atoms with Crippen LogP contribution in [0.4, 0.5) is 0 Å². The van der Waals surface area contributed by atoms with E-state index < -0.39 is 0 Å². The summed E-state index contributed by atoms with van der Waals surface area (Å²) in [5.74, 6) is 0. The minimum atomic E-state index is -0.0700. The van der Waals surface area contributed by atoms with E-state index in [1.807, 2.05) is 0 Å². The van der Waals surface area contributed by atoms with E-state index >= 15 is 0 Å². The fourth-order valence-electron chi connectivity index (χ4n) is 12.0. The second-order valence-electron chi connectivity index (χ2n) is 25.4. The standard InChI is InChI=1S/C74H68/c1-71(2,3)50-36-48(37-51(41-50)72(4,5)6)66-59-35-34-47(45-24-15-13-16-25-45)40-64(59)67(49-38-52(73(7,8)9)42-53(39-49)74(10,11)12)69-60-33-23-32-58-63-43-61(55-29-20-19-28-54(55)46-26-17-14-18-27-46)56-30-21-22-31-57(56)62(63)44-65(68(58)60)70(66)69/h13-44H,1-12H3. The summed E-state index contributed by atoms with van der Waals surface area (Å²) in [5.41, 5.74) is 23.0. The van der Waals surface area contributed by atoms with Crippen LogP contribution in [0.15, 0.2) is 194 Å². The summed E-state index contributed by atoms with van der Waals surface area (Å²) in [6, 6.07) is 74.6. The van der Waals surface area contributed by atoms with Crippen LogP contribution >= 0.6 is 0 Å². The van der Waals surface area contributed by atoms with Crippen LogP contribution < -0.4 is 0 Å². The molecule has 0 saturated carbocycles. The molecule has 0 aromatic heterocycles. The third-order valence-electron chi connectivity index (χ3n) is 16.2. The molecule has 0 saturated heterocycles. The lowest BCUT2D eigenvalue weighted by Gasteiger charge is -2.29. The second kappa shape index (κ2) is 17.0. The van der Waals surface area contributed by atoms with Gasteiger partial charge in [-0.25, -0.2) is 0 Å². The van der Waals surface area contributed by atoms with Gasteiger partial charge in [-0.2, -0.15) is 0 Å². The summed E-state index contributed by atoms with van der Waals surface area (Å²) in [7, 11) is 0. The number of hydrogen-bond donors (Lipinski definition) is 0. The van der Waals surface area contributed by atoms with Crippen LogP contribution in [0.3, 0.4) is 0 Å². The molecule has 74 heavy (non-hydrogen) atoms. The van der Waals surface area contributed by atoms with Gasteiger partial charge in [0.05, 0.1) is 0 Å². The highest BCUT2D eigenvalue weighted by molar-refractivity contribution is 6.33. The average molecular weight is 957 g/mol. The zero-order valence-electron chi connectivity index (χ0n) is 45.5. The lowest BCUT2D eigenvalue weighted by Crippen LogP contribution is -2.17. The molecule has 11 aromatic carbocycles. The van der Waals surface area contributed by atoms with Crippen molar-refractivity contribution in [2.45, 2.75) is 105 Å². The monoisotopic (exact) mass is 957 g/mol. The number of rotatable bonds is 5. The van der Waals surface area contributed by atoms with Crippen molar-refractivity contribution in [2.24, 2.45) is 0 Å². The highest BCUT2D eigenvalue weighted by Crippen LogP contribution is 2.60. The van der Waals surface area contributed by atoms with E-state index in [4.69, 9.17) is 0 Å². The first-order valence-electron chi connectivity index (χ1n) is 26.8. The minimum absolute atomic E-state index is 0.0684. The largest absolute Gasteiger partial charge is 0.0622 e. The molecule has 0 aliphatic heterocycles. The third-order valence-corrected chi connectivity index (χ3v) is 16.2. The van der Waals surface area contributed by atoms with Gasteiger partial charge in [0.2, 0.25) is 0 Å². The van der Waals surface area contributed by atoms with Gasteiger partial charge in [-0.05, 0) is 183 Å². The molecule has 1 aliphatic carbocycles. The van der Waals surface area contributed by atoms with Crippen molar-refractivity contribution in [1.29, 1.82) is 0 Å². The van der Waals surface area contributed by atoms with Crippen molar-refractivity contribution < 1.29 is 0 Å². The Labute approximate surface area is 439 Å². The van der Waals surface area contributed by atoms with Crippen LogP contribution in [-0.4, -0.2) is 0 Å². The lowest BCUT2D eigenvalue weighted by atomic mass is 9.75. The number of benzene rings is 11. The predicted molar refractivity (Wildman–Crippen MR) is 323 cm³/mol. The highest BCUT2D eigenvalue weighted by Gasteiger charge is 2.34. The van der Waals surface area contributed by atoms with Crippen molar-refractivity contribution in [2.75, 3.05) is 0 Å². The van der Waals surface area contributed by atoms with Gasteiger partial charge in [0.15, 0.2) is 0 Å². The molecule has 0 heteroatoms. The molecule has 1 aliphatic rings. The minimum Gasteiger partial charge on any atom is -0.0622 e. The van der Waals surface area contributed by atoms with Crippen LogP contribution in [0, 0.1) is 0 Å². The normalized spacial score (nSPS) is 12.9. The van der Waals surface area contributed by atoms with Gasteiger partial charge in [0, 0.05) is 0 Å². The van der Waals surface area contributed by atoms with Gasteiger partial charge < -0.3 is 0 Å². The van der Waals surface area contributed by atoms with Gasteiger partial charge in [-0.3, -0.25) is 0 Å². The molecule has 0 spiro atoms. The van der Waals surface area contributed by atoms with Gasteiger partial charge in [0.1, 0.15) is 0 Å². The van der Waals surface area contributed by atoms with Crippen molar-refractivity contribution in [3.8, 4) is 77.9 Å². The Morgan fingerprint density at radius 3 is 1.20 bits per heavy atom. The molecule has 12 rings (SSSR count). The Hall–Kier alpha value is -7.54. The van der Waals surface area contributed by atoms with Crippen molar-refractivity contribution in [1.82, 2.24) is 0 Å². The third kappa shape index (κ3) is 7.88. The Kier molecular flexibility index (Phi) is 10.9. The zero-order chi connectivity index (χ0) is 51.6. The summed E-state index contributed by atoms with van der Waals surface area (Å²) < 4.78 is 0. The summed E-state index contributed by atoms with van der Waals surface area (Å²) >= 11 is 0. The first-order valence-corrected chi connectivity index (χ1v) is 26.8. The first-order chi connectivity index (χ1) is 35.2. The van der Waals surface area contributed by atoms with E-state index in [0.717, 1.165) is 0 Å². The van der Waals surface area contributed by atoms with E-state index in [2.05, 4.69) is 277 Å². The summed E-state index contributed by atoms with van der Waals surface area (Å²) in [5, 5.41) is 10.3. The molecule has 0 N–H and O–H groups in total. The summed E-state index contributed by atoms with van der Waals surface area (Å²) in [4.78, 5) is 0. The maximum atomic E-state index is 2.59. The summed E-state index contributed by atoms with van der Waals surface area (Å²) in [6.07, 6.45) is 0. The number of fused-ring (bicyclic) bond motifs is 8. The van der Waals surface area contributed by atoms with Crippen LogP contribution in [-0.2, 0) is 21.7 Å². The predicted octanol–water partition coefficient (Wildman–Crippen LogP) is 21.5. The van der Waals surface area contributed by atoms with E-state index in [0.29, 0.717) is 0 Å². The topological polar surface area (TPSA) is 0 Å². The van der Waals surface area contributed by atoms with Gasteiger partial charge >= 0.3 is 0 Å².